The normalized spacial score (nSPS) is 11.6. The minimum absolute atomic E-state index is 0.323. The van der Waals surface area contributed by atoms with Crippen LogP contribution in [0.1, 0.15) is 5.56 Å². The van der Waals surface area contributed by atoms with Crippen LogP contribution in [0.25, 0.3) is 0 Å². The molecule has 0 atom stereocenters. The molecule has 96 valence electrons. The minimum atomic E-state index is -3.38. The van der Waals surface area contributed by atoms with Crippen molar-refractivity contribution in [1.82, 2.24) is 2.94 Å². The molecule has 2 rings (SSSR count). The third kappa shape index (κ3) is 3.54. The van der Waals surface area contributed by atoms with Gasteiger partial charge in [0.1, 0.15) is 0 Å². The van der Waals surface area contributed by atoms with E-state index in [0.29, 0.717) is 4.90 Å². The molecule has 0 aromatic heterocycles. The molecule has 0 saturated heterocycles. The van der Waals surface area contributed by atoms with Crippen molar-refractivity contribution in [3.05, 3.63) is 63.7 Å². The van der Waals surface area contributed by atoms with Gasteiger partial charge in [0, 0.05) is 0 Å². The molecule has 0 saturated carbocycles. The molecule has 3 nitrogen and oxygen atoms in total. The summed E-state index contributed by atoms with van der Waals surface area (Å²) in [5.74, 6) is 0. The van der Waals surface area contributed by atoms with Gasteiger partial charge in [0.15, 0.2) is 0 Å². The van der Waals surface area contributed by atoms with Crippen LogP contribution in [0.4, 0.5) is 0 Å². The van der Waals surface area contributed by atoms with E-state index in [0.717, 1.165) is 9.13 Å². The SMILES string of the molecule is Cc1ccc(S(=O)(=O)N[I-]c2ccccc2)cc1. The van der Waals surface area contributed by atoms with E-state index in [9.17, 15) is 8.42 Å². The first-order chi connectivity index (χ1) is 8.58. The molecule has 0 aliphatic heterocycles. The van der Waals surface area contributed by atoms with Crippen molar-refractivity contribution < 1.29 is 29.9 Å². The van der Waals surface area contributed by atoms with E-state index < -0.39 is 31.5 Å². The molecule has 0 amide bonds. The number of nitrogens with one attached hydrogen (secondary N) is 1. The second-order valence-corrected chi connectivity index (χ2v) is 8.52. The van der Waals surface area contributed by atoms with Crippen molar-refractivity contribution in [3.63, 3.8) is 0 Å². The standard InChI is InChI=1S/C13H13INO2S/c1-11-7-9-13(10-8-11)18(16,17)15-14-12-5-3-2-4-6-12/h2-10,15H,1H3/q-1. The molecule has 0 aliphatic rings. The van der Waals surface area contributed by atoms with Crippen molar-refractivity contribution in [2.75, 3.05) is 0 Å². The fourth-order valence-corrected chi connectivity index (χ4v) is 5.28. The first kappa shape index (κ1) is 13.5. The van der Waals surface area contributed by atoms with Gasteiger partial charge in [-0.3, -0.25) is 0 Å². The van der Waals surface area contributed by atoms with E-state index in [2.05, 4.69) is 2.94 Å². The van der Waals surface area contributed by atoms with Gasteiger partial charge in [-0.25, -0.2) is 0 Å². The van der Waals surface area contributed by atoms with E-state index in [-0.39, 0.29) is 0 Å². The van der Waals surface area contributed by atoms with Gasteiger partial charge in [0.25, 0.3) is 0 Å². The quantitative estimate of drug-likeness (QED) is 0.560. The van der Waals surface area contributed by atoms with Crippen LogP contribution in [0, 0.1) is 10.5 Å². The summed E-state index contributed by atoms with van der Waals surface area (Å²) in [6, 6.07) is 16.5. The summed E-state index contributed by atoms with van der Waals surface area (Å²) in [4.78, 5) is 0.323. The van der Waals surface area contributed by atoms with Gasteiger partial charge >= 0.3 is 118 Å². The molecule has 0 spiro atoms. The molecule has 0 unspecified atom stereocenters. The van der Waals surface area contributed by atoms with Crippen molar-refractivity contribution in [2.24, 2.45) is 0 Å². The van der Waals surface area contributed by atoms with Crippen LogP contribution in [0.2, 0.25) is 0 Å². The van der Waals surface area contributed by atoms with Crippen LogP contribution in [0.5, 0.6) is 0 Å². The van der Waals surface area contributed by atoms with E-state index >= 15 is 0 Å². The van der Waals surface area contributed by atoms with Crippen LogP contribution in [-0.4, -0.2) is 8.42 Å². The number of rotatable bonds is 4. The fourth-order valence-electron chi connectivity index (χ4n) is 1.33. The number of halogens is 1. The molecule has 2 aromatic rings. The van der Waals surface area contributed by atoms with E-state index in [4.69, 9.17) is 0 Å². The Morgan fingerprint density at radius 3 is 2.17 bits per heavy atom. The van der Waals surface area contributed by atoms with Gasteiger partial charge in [-0.2, -0.15) is 0 Å². The first-order valence-electron chi connectivity index (χ1n) is 5.35. The topological polar surface area (TPSA) is 46.2 Å². The molecule has 1 N–H and O–H groups in total. The Morgan fingerprint density at radius 2 is 1.56 bits per heavy atom. The first-order valence-corrected chi connectivity index (χ1v) is 8.99. The maximum absolute atomic E-state index is 12.0. The molecule has 0 aliphatic carbocycles. The number of aryl methyl sites for hydroxylation is 1. The van der Waals surface area contributed by atoms with Crippen molar-refractivity contribution >= 4 is 10.0 Å². The Balaban J connectivity index is 2.11. The Labute approximate surface area is 118 Å². The second kappa shape index (κ2) is 5.81. The van der Waals surface area contributed by atoms with Crippen molar-refractivity contribution in [3.8, 4) is 0 Å². The molecular weight excluding hydrogens is 361 g/mol. The summed E-state index contributed by atoms with van der Waals surface area (Å²) >= 11 is -0.735. The molecule has 0 heterocycles. The monoisotopic (exact) mass is 374 g/mol. The van der Waals surface area contributed by atoms with Gasteiger partial charge < -0.3 is 0 Å². The molecule has 18 heavy (non-hydrogen) atoms. The average Bonchev–Trinajstić information content (AvgIpc) is 2.38. The average molecular weight is 374 g/mol. The fraction of sp³-hybridized carbons (Fsp3) is 0.0769. The van der Waals surface area contributed by atoms with Crippen molar-refractivity contribution in [2.45, 2.75) is 11.8 Å². The van der Waals surface area contributed by atoms with Gasteiger partial charge in [-0.1, -0.05) is 0 Å². The summed E-state index contributed by atoms with van der Waals surface area (Å²) in [7, 11) is -3.38. The summed E-state index contributed by atoms with van der Waals surface area (Å²) < 4.78 is 27.8. The Morgan fingerprint density at radius 1 is 0.944 bits per heavy atom. The number of benzene rings is 2. The van der Waals surface area contributed by atoms with Crippen LogP contribution in [0.15, 0.2) is 59.5 Å². The molecule has 2 aromatic carbocycles. The Bertz CT molecular complexity index is 609. The molecular formula is C13H13INO2S-. The van der Waals surface area contributed by atoms with Crippen molar-refractivity contribution in [1.29, 1.82) is 0 Å². The zero-order chi connectivity index (χ0) is 13.0. The van der Waals surface area contributed by atoms with Crippen LogP contribution >= 0.6 is 0 Å². The zero-order valence-electron chi connectivity index (χ0n) is 9.80. The third-order valence-corrected chi connectivity index (χ3v) is 7.23. The van der Waals surface area contributed by atoms with Gasteiger partial charge in [0.2, 0.25) is 0 Å². The number of hydrogen-bond acceptors (Lipinski definition) is 2. The van der Waals surface area contributed by atoms with E-state index in [1.807, 2.05) is 37.3 Å². The maximum atomic E-state index is 12.0. The summed E-state index contributed by atoms with van der Waals surface area (Å²) in [5.41, 5.74) is 1.05. The molecule has 0 radical (unpaired) electrons. The molecule has 0 fully saturated rings. The van der Waals surface area contributed by atoms with E-state index in [1.54, 1.807) is 24.3 Å². The van der Waals surface area contributed by atoms with Gasteiger partial charge in [0.05, 0.1) is 0 Å². The number of sulfonamides is 1. The molecule has 0 bridgehead atoms. The summed E-state index contributed by atoms with van der Waals surface area (Å²) in [5, 5.41) is 0. The van der Waals surface area contributed by atoms with E-state index in [1.165, 1.54) is 0 Å². The Kier molecular flexibility index (Phi) is 4.36. The van der Waals surface area contributed by atoms with Crippen LogP contribution in [-0.2, 0) is 10.0 Å². The number of hydrogen-bond donors (Lipinski definition) is 1. The predicted molar refractivity (Wildman–Crippen MR) is 66.6 cm³/mol. The zero-order valence-corrected chi connectivity index (χ0v) is 12.8. The second-order valence-electron chi connectivity index (χ2n) is 3.78. The molecule has 5 heteroatoms. The summed E-state index contributed by atoms with van der Waals surface area (Å²) in [6.45, 7) is 1.93. The summed E-state index contributed by atoms with van der Waals surface area (Å²) in [6.07, 6.45) is 0. The van der Waals surface area contributed by atoms with Gasteiger partial charge in [-0.05, 0) is 0 Å². The Hall–Kier alpha value is -0.920. The van der Waals surface area contributed by atoms with Crippen LogP contribution in [0.3, 0.4) is 0 Å². The predicted octanol–water partition coefficient (Wildman–Crippen LogP) is -0.853. The van der Waals surface area contributed by atoms with Crippen LogP contribution < -0.4 is 24.4 Å². The van der Waals surface area contributed by atoms with Gasteiger partial charge in [-0.15, -0.1) is 0 Å². The third-order valence-electron chi connectivity index (χ3n) is 2.31.